The van der Waals surface area contributed by atoms with Crippen LogP contribution < -0.4 is 5.73 Å². The van der Waals surface area contributed by atoms with Crippen molar-refractivity contribution in [2.24, 2.45) is 0 Å². The number of hydrogen-bond donors (Lipinski definition) is 2. The average Bonchev–Trinajstić information content (AvgIpc) is 2.81. The van der Waals surface area contributed by atoms with Crippen LogP contribution in [0.1, 0.15) is 5.56 Å². The van der Waals surface area contributed by atoms with Crippen LogP contribution in [-0.4, -0.2) is 19.2 Å². The van der Waals surface area contributed by atoms with Crippen LogP contribution in [0.2, 0.25) is 0 Å². The van der Waals surface area contributed by atoms with E-state index >= 15 is 0 Å². The number of pyridine rings is 1. The van der Waals surface area contributed by atoms with Crippen molar-refractivity contribution < 1.29 is 4.21 Å². The number of nitrogen functional groups attached to an aromatic ring is 1. The zero-order valence-electron chi connectivity index (χ0n) is 10.3. The van der Waals surface area contributed by atoms with E-state index in [9.17, 15) is 4.21 Å². The van der Waals surface area contributed by atoms with Crippen molar-refractivity contribution in [3.8, 4) is 0 Å². The molecule has 3 N–H and O–H groups in total. The maximum atomic E-state index is 12.3. The Morgan fingerprint density at radius 3 is 2.95 bits per heavy atom. The Hall–Kier alpha value is -1.73. The predicted molar refractivity (Wildman–Crippen MR) is 82.6 cm³/mol. The number of H-pyrrole nitrogens is 1. The SMILES string of the molecule is Nc1ccc2nc(S(=O)Cc3cncc(Br)c3)[nH]c2c1. The normalized spacial score (nSPS) is 12.7. The summed E-state index contributed by atoms with van der Waals surface area (Å²) in [5.74, 6) is 0.363. The third-order valence-corrected chi connectivity index (χ3v) is 4.41. The van der Waals surface area contributed by atoms with E-state index in [-0.39, 0.29) is 0 Å². The molecule has 102 valence electrons. The van der Waals surface area contributed by atoms with Gasteiger partial charge >= 0.3 is 0 Å². The summed E-state index contributed by atoms with van der Waals surface area (Å²) in [5.41, 5.74) is 8.80. The van der Waals surface area contributed by atoms with Crippen molar-refractivity contribution in [1.82, 2.24) is 15.0 Å². The van der Waals surface area contributed by atoms with Gasteiger partial charge in [0.25, 0.3) is 0 Å². The van der Waals surface area contributed by atoms with Crippen molar-refractivity contribution in [2.45, 2.75) is 10.9 Å². The van der Waals surface area contributed by atoms with Crippen molar-refractivity contribution in [3.05, 3.63) is 46.7 Å². The summed E-state index contributed by atoms with van der Waals surface area (Å²) in [6.45, 7) is 0. The second-order valence-corrected chi connectivity index (χ2v) is 6.60. The van der Waals surface area contributed by atoms with Gasteiger partial charge in [-0.2, -0.15) is 0 Å². The lowest BCUT2D eigenvalue weighted by Gasteiger charge is -1.99. The minimum atomic E-state index is -1.25. The standard InChI is InChI=1S/C13H11BrN4OS/c14-9-3-8(5-16-6-9)7-20(19)13-17-11-2-1-10(15)4-12(11)18-13/h1-6H,7,15H2,(H,17,18). The number of halogens is 1. The van der Waals surface area contributed by atoms with Crippen molar-refractivity contribution in [3.63, 3.8) is 0 Å². The fraction of sp³-hybridized carbons (Fsp3) is 0.0769. The molecule has 0 aliphatic heterocycles. The number of anilines is 1. The summed E-state index contributed by atoms with van der Waals surface area (Å²) < 4.78 is 13.2. The molecule has 0 aliphatic rings. The monoisotopic (exact) mass is 350 g/mol. The van der Waals surface area contributed by atoms with Crippen LogP contribution in [0.5, 0.6) is 0 Å². The van der Waals surface area contributed by atoms with Crippen LogP contribution in [0.4, 0.5) is 5.69 Å². The van der Waals surface area contributed by atoms with Crippen LogP contribution in [-0.2, 0) is 16.6 Å². The van der Waals surface area contributed by atoms with E-state index in [0.717, 1.165) is 21.1 Å². The van der Waals surface area contributed by atoms with Gasteiger partial charge < -0.3 is 10.7 Å². The van der Waals surface area contributed by atoms with Crippen LogP contribution in [0.25, 0.3) is 11.0 Å². The molecule has 3 aromatic rings. The molecule has 5 nitrogen and oxygen atoms in total. The number of imidazole rings is 1. The molecular formula is C13H11BrN4OS. The van der Waals surface area contributed by atoms with Crippen LogP contribution in [0.15, 0.2) is 46.3 Å². The van der Waals surface area contributed by atoms with Gasteiger partial charge in [-0.1, -0.05) is 0 Å². The minimum Gasteiger partial charge on any atom is -0.399 e. The van der Waals surface area contributed by atoms with Gasteiger partial charge in [0.15, 0.2) is 5.16 Å². The Labute approximate surface area is 126 Å². The second kappa shape index (κ2) is 5.34. The molecule has 2 heterocycles. The lowest BCUT2D eigenvalue weighted by atomic mass is 10.3. The smallest absolute Gasteiger partial charge is 0.197 e. The average molecular weight is 351 g/mol. The summed E-state index contributed by atoms with van der Waals surface area (Å²) in [6, 6.07) is 7.26. The molecule has 0 aliphatic carbocycles. The molecule has 1 atom stereocenters. The van der Waals surface area contributed by atoms with Gasteiger partial charge in [0.2, 0.25) is 0 Å². The number of aromatic amines is 1. The van der Waals surface area contributed by atoms with E-state index in [4.69, 9.17) is 5.73 Å². The van der Waals surface area contributed by atoms with E-state index in [2.05, 4.69) is 30.9 Å². The van der Waals surface area contributed by atoms with E-state index in [0.29, 0.717) is 16.6 Å². The van der Waals surface area contributed by atoms with Crippen molar-refractivity contribution in [2.75, 3.05) is 5.73 Å². The first-order valence-corrected chi connectivity index (χ1v) is 7.96. The Morgan fingerprint density at radius 2 is 2.15 bits per heavy atom. The van der Waals surface area contributed by atoms with Gasteiger partial charge in [-0.05, 0) is 45.8 Å². The number of fused-ring (bicyclic) bond motifs is 1. The molecule has 3 rings (SSSR count). The summed E-state index contributed by atoms with van der Waals surface area (Å²) in [5, 5.41) is 0.450. The third-order valence-electron chi connectivity index (χ3n) is 2.76. The fourth-order valence-corrected chi connectivity index (χ4v) is 3.30. The molecule has 0 radical (unpaired) electrons. The molecule has 0 fully saturated rings. The number of aromatic nitrogens is 3. The number of nitrogens with two attached hydrogens (primary N) is 1. The molecule has 0 bridgehead atoms. The highest BCUT2D eigenvalue weighted by Gasteiger charge is 2.11. The first-order valence-electron chi connectivity index (χ1n) is 5.85. The molecule has 7 heteroatoms. The van der Waals surface area contributed by atoms with Crippen molar-refractivity contribution in [1.29, 1.82) is 0 Å². The summed E-state index contributed by atoms with van der Waals surface area (Å²) in [7, 11) is -1.25. The highest BCUT2D eigenvalue weighted by Crippen LogP contribution is 2.18. The predicted octanol–water partition coefficient (Wildman–Crippen LogP) is 2.61. The van der Waals surface area contributed by atoms with E-state index in [1.807, 2.05) is 12.1 Å². The summed E-state index contributed by atoms with van der Waals surface area (Å²) in [6.07, 6.45) is 3.39. The first-order chi connectivity index (χ1) is 9.61. The van der Waals surface area contributed by atoms with Crippen LogP contribution in [0.3, 0.4) is 0 Å². The molecule has 0 amide bonds. The Balaban J connectivity index is 1.88. The highest BCUT2D eigenvalue weighted by atomic mass is 79.9. The Bertz CT molecular complexity index is 802. The fourth-order valence-electron chi connectivity index (χ4n) is 1.87. The number of nitrogens with one attached hydrogen (secondary N) is 1. The third kappa shape index (κ3) is 2.73. The number of hydrogen-bond acceptors (Lipinski definition) is 4. The summed E-state index contributed by atoms with van der Waals surface area (Å²) in [4.78, 5) is 11.4. The highest BCUT2D eigenvalue weighted by molar-refractivity contribution is 9.10. The number of nitrogens with zero attached hydrogens (tertiary/aromatic N) is 2. The van der Waals surface area contributed by atoms with E-state index < -0.39 is 10.8 Å². The maximum absolute atomic E-state index is 12.3. The summed E-state index contributed by atoms with van der Waals surface area (Å²) >= 11 is 3.35. The first kappa shape index (κ1) is 13.3. The lowest BCUT2D eigenvalue weighted by molar-refractivity contribution is 0.677. The number of rotatable bonds is 3. The molecule has 20 heavy (non-hydrogen) atoms. The molecule has 2 aromatic heterocycles. The molecule has 1 aromatic carbocycles. The van der Waals surface area contributed by atoms with Crippen LogP contribution in [0, 0.1) is 0 Å². The number of benzene rings is 1. The molecule has 0 saturated heterocycles. The van der Waals surface area contributed by atoms with Gasteiger partial charge in [-0.3, -0.25) is 9.19 Å². The minimum absolute atomic E-state index is 0.363. The Morgan fingerprint density at radius 1 is 1.30 bits per heavy atom. The van der Waals surface area contributed by atoms with E-state index in [1.54, 1.807) is 24.5 Å². The zero-order valence-corrected chi connectivity index (χ0v) is 12.7. The molecule has 0 saturated carbocycles. The topological polar surface area (TPSA) is 84.7 Å². The Kier molecular flexibility index (Phi) is 3.54. The van der Waals surface area contributed by atoms with Crippen LogP contribution >= 0.6 is 15.9 Å². The quantitative estimate of drug-likeness (QED) is 0.711. The zero-order chi connectivity index (χ0) is 14.1. The second-order valence-electron chi connectivity index (χ2n) is 4.32. The lowest BCUT2D eigenvalue weighted by Crippen LogP contribution is -1.99. The maximum Gasteiger partial charge on any atom is 0.197 e. The van der Waals surface area contributed by atoms with Gasteiger partial charge in [0, 0.05) is 22.6 Å². The molecule has 0 spiro atoms. The van der Waals surface area contributed by atoms with Gasteiger partial charge in [0.05, 0.1) is 27.6 Å². The largest absolute Gasteiger partial charge is 0.399 e. The van der Waals surface area contributed by atoms with Gasteiger partial charge in [-0.25, -0.2) is 4.98 Å². The van der Waals surface area contributed by atoms with Crippen molar-refractivity contribution >= 4 is 43.5 Å². The van der Waals surface area contributed by atoms with E-state index in [1.165, 1.54) is 0 Å². The molecule has 1 unspecified atom stereocenters. The molecular weight excluding hydrogens is 340 g/mol. The van der Waals surface area contributed by atoms with Gasteiger partial charge in [-0.15, -0.1) is 0 Å². The van der Waals surface area contributed by atoms with Gasteiger partial charge in [0.1, 0.15) is 0 Å².